The number of hydrogen-bond donors (Lipinski definition) is 1. The number of imidazole rings is 1. The largest absolute Gasteiger partial charge is 0.387 e. The molecular weight excluding hydrogens is 314 g/mol. The van der Waals surface area contributed by atoms with Crippen molar-refractivity contribution in [1.29, 1.82) is 0 Å². The van der Waals surface area contributed by atoms with Crippen LogP contribution in [0, 0.1) is 6.92 Å². The molecule has 5 nitrogen and oxygen atoms in total. The van der Waals surface area contributed by atoms with E-state index in [9.17, 15) is 9.90 Å². The summed E-state index contributed by atoms with van der Waals surface area (Å²) in [5.74, 6) is -0.0305. The van der Waals surface area contributed by atoms with Crippen molar-refractivity contribution in [3.63, 3.8) is 0 Å². The lowest BCUT2D eigenvalue weighted by molar-refractivity contribution is -0.131. The van der Waals surface area contributed by atoms with E-state index in [2.05, 4.69) is 4.98 Å². The van der Waals surface area contributed by atoms with Crippen LogP contribution < -0.4 is 0 Å². The van der Waals surface area contributed by atoms with E-state index in [1.807, 2.05) is 73.1 Å². The summed E-state index contributed by atoms with van der Waals surface area (Å²) in [6.45, 7) is 4.76. The lowest BCUT2D eigenvalue weighted by Crippen LogP contribution is -2.35. The second-order valence-corrected chi connectivity index (χ2v) is 6.23. The van der Waals surface area contributed by atoms with Gasteiger partial charge in [-0.2, -0.15) is 0 Å². The number of rotatable bonds is 6. The Morgan fingerprint density at radius 3 is 2.68 bits per heavy atom. The van der Waals surface area contributed by atoms with Crippen LogP contribution >= 0.6 is 0 Å². The maximum Gasteiger partial charge on any atom is 0.228 e. The van der Waals surface area contributed by atoms with Crippen LogP contribution in [0.25, 0.3) is 5.65 Å². The smallest absolute Gasteiger partial charge is 0.228 e. The van der Waals surface area contributed by atoms with Gasteiger partial charge in [0.15, 0.2) is 0 Å². The summed E-state index contributed by atoms with van der Waals surface area (Å²) in [6, 6.07) is 13.5. The number of benzene rings is 1. The molecule has 2 aromatic heterocycles. The molecule has 0 bridgehead atoms. The minimum atomic E-state index is -0.689. The maximum atomic E-state index is 12.6. The summed E-state index contributed by atoms with van der Waals surface area (Å²) >= 11 is 0. The minimum absolute atomic E-state index is 0.0305. The number of aliphatic hydroxyl groups excluding tert-OH is 1. The van der Waals surface area contributed by atoms with Crippen molar-refractivity contribution in [2.24, 2.45) is 0 Å². The second kappa shape index (κ2) is 7.49. The molecule has 3 rings (SSSR count). The summed E-state index contributed by atoms with van der Waals surface area (Å²) in [6.07, 6.45) is 3.33. The quantitative estimate of drug-likeness (QED) is 0.752. The fourth-order valence-corrected chi connectivity index (χ4v) is 2.85. The molecule has 1 atom stereocenters. The van der Waals surface area contributed by atoms with Gasteiger partial charge in [-0.15, -0.1) is 0 Å². The molecule has 0 aliphatic carbocycles. The lowest BCUT2D eigenvalue weighted by atomic mass is 10.1. The average Bonchev–Trinajstić information content (AvgIpc) is 3.02. The number of aryl methyl sites for hydroxylation is 1. The maximum absolute atomic E-state index is 12.6. The number of pyridine rings is 1. The van der Waals surface area contributed by atoms with E-state index < -0.39 is 6.10 Å². The second-order valence-electron chi connectivity index (χ2n) is 6.23. The highest BCUT2D eigenvalue weighted by Crippen LogP contribution is 2.16. The predicted octanol–water partition coefficient (Wildman–Crippen LogP) is 2.77. The van der Waals surface area contributed by atoms with Crippen molar-refractivity contribution in [3.8, 4) is 0 Å². The zero-order valence-electron chi connectivity index (χ0n) is 14.6. The number of carbonyl (C=O) groups excluding carboxylic acids is 1. The SMILES string of the molecule is CCN(CC(O)c1ccc(C)cc1)C(=O)Cc1cn2ccccc2n1. The van der Waals surface area contributed by atoms with Crippen LogP contribution in [0.3, 0.4) is 0 Å². The molecule has 1 amide bonds. The number of aliphatic hydroxyl groups is 1. The summed E-state index contributed by atoms with van der Waals surface area (Å²) in [5, 5.41) is 10.4. The molecule has 0 aliphatic rings. The summed E-state index contributed by atoms with van der Waals surface area (Å²) < 4.78 is 1.90. The first kappa shape index (κ1) is 17.2. The van der Waals surface area contributed by atoms with E-state index in [0.717, 1.165) is 22.5 Å². The third kappa shape index (κ3) is 4.06. The van der Waals surface area contributed by atoms with Crippen molar-refractivity contribution < 1.29 is 9.90 Å². The Hall–Kier alpha value is -2.66. The summed E-state index contributed by atoms with van der Waals surface area (Å²) in [7, 11) is 0. The summed E-state index contributed by atoms with van der Waals surface area (Å²) in [5.41, 5.74) is 3.53. The molecule has 0 spiro atoms. The Balaban J connectivity index is 1.67. The van der Waals surface area contributed by atoms with E-state index >= 15 is 0 Å². The van der Waals surface area contributed by atoms with Crippen LogP contribution in [0.2, 0.25) is 0 Å². The minimum Gasteiger partial charge on any atom is -0.387 e. The van der Waals surface area contributed by atoms with Crippen LogP contribution in [0.1, 0.15) is 29.8 Å². The van der Waals surface area contributed by atoms with Crippen LogP contribution in [0.5, 0.6) is 0 Å². The highest BCUT2D eigenvalue weighted by Gasteiger charge is 2.18. The highest BCUT2D eigenvalue weighted by atomic mass is 16.3. The van der Waals surface area contributed by atoms with Crippen molar-refractivity contribution in [2.75, 3.05) is 13.1 Å². The molecular formula is C20H23N3O2. The molecule has 0 saturated heterocycles. The van der Waals surface area contributed by atoms with Gasteiger partial charge in [0.05, 0.1) is 24.8 Å². The average molecular weight is 337 g/mol. The Kier molecular flexibility index (Phi) is 5.14. The van der Waals surface area contributed by atoms with Crippen molar-refractivity contribution >= 4 is 11.6 Å². The number of hydrogen-bond acceptors (Lipinski definition) is 3. The molecule has 2 heterocycles. The van der Waals surface area contributed by atoms with Crippen molar-refractivity contribution in [1.82, 2.24) is 14.3 Å². The van der Waals surface area contributed by atoms with Crippen LogP contribution in [-0.2, 0) is 11.2 Å². The van der Waals surface area contributed by atoms with Gasteiger partial charge in [-0.3, -0.25) is 4.79 Å². The number of fused-ring (bicyclic) bond motifs is 1. The van der Waals surface area contributed by atoms with Crippen LogP contribution in [0.4, 0.5) is 0 Å². The van der Waals surface area contributed by atoms with Crippen molar-refractivity contribution in [3.05, 3.63) is 71.7 Å². The standard InChI is InChI=1S/C20H23N3O2/c1-3-22(14-18(24)16-9-7-15(2)8-10-16)20(25)12-17-13-23-11-5-4-6-19(23)21-17/h4-11,13,18,24H,3,12,14H2,1-2H3. The molecule has 0 radical (unpaired) electrons. The number of amides is 1. The normalized spacial score (nSPS) is 12.3. The number of nitrogens with zero attached hydrogens (tertiary/aromatic N) is 3. The number of likely N-dealkylation sites (N-methyl/N-ethyl adjacent to an activating group) is 1. The molecule has 0 fully saturated rings. The van der Waals surface area contributed by atoms with Gasteiger partial charge in [0.25, 0.3) is 0 Å². The molecule has 1 aromatic carbocycles. The first-order valence-corrected chi connectivity index (χ1v) is 8.52. The Morgan fingerprint density at radius 1 is 1.24 bits per heavy atom. The van der Waals surface area contributed by atoms with Gasteiger partial charge in [-0.05, 0) is 31.5 Å². The Morgan fingerprint density at radius 2 is 2.00 bits per heavy atom. The highest BCUT2D eigenvalue weighted by molar-refractivity contribution is 5.78. The Labute approximate surface area is 147 Å². The van der Waals surface area contributed by atoms with E-state index in [0.29, 0.717) is 6.54 Å². The monoisotopic (exact) mass is 337 g/mol. The summed E-state index contributed by atoms with van der Waals surface area (Å²) in [4.78, 5) is 18.8. The molecule has 1 unspecified atom stereocenters. The van der Waals surface area contributed by atoms with E-state index in [4.69, 9.17) is 0 Å². The fraction of sp³-hybridized carbons (Fsp3) is 0.300. The Bertz CT molecular complexity index is 822. The van der Waals surface area contributed by atoms with E-state index in [1.165, 1.54) is 0 Å². The van der Waals surface area contributed by atoms with E-state index in [1.54, 1.807) is 4.90 Å². The van der Waals surface area contributed by atoms with Gasteiger partial charge in [0.2, 0.25) is 5.91 Å². The molecule has 0 aliphatic heterocycles. The third-order valence-electron chi connectivity index (χ3n) is 4.34. The van der Waals surface area contributed by atoms with Crippen molar-refractivity contribution in [2.45, 2.75) is 26.4 Å². The topological polar surface area (TPSA) is 57.8 Å². The van der Waals surface area contributed by atoms with Crippen LogP contribution in [-0.4, -0.2) is 38.4 Å². The molecule has 0 saturated carbocycles. The van der Waals surface area contributed by atoms with Crippen LogP contribution in [0.15, 0.2) is 54.9 Å². The molecule has 5 heteroatoms. The zero-order chi connectivity index (χ0) is 17.8. The van der Waals surface area contributed by atoms with Gasteiger partial charge < -0.3 is 14.4 Å². The molecule has 130 valence electrons. The first-order valence-electron chi connectivity index (χ1n) is 8.52. The number of aromatic nitrogens is 2. The fourth-order valence-electron chi connectivity index (χ4n) is 2.85. The van der Waals surface area contributed by atoms with Gasteiger partial charge in [0, 0.05) is 18.9 Å². The molecule has 3 aromatic rings. The molecule has 1 N–H and O–H groups in total. The van der Waals surface area contributed by atoms with Gasteiger partial charge in [0.1, 0.15) is 5.65 Å². The zero-order valence-corrected chi connectivity index (χ0v) is 14.6. The lowest BCUT2D eigenvalue weighted by Gasteiger charge is -2.24. The predicted molar refractivity (Wildman–Crippen MR) is 97.3 cm³/mol. The first-order chi connectivity index (χ1) is 12.1. The number of carbonyl (C=O) groups is 1. The van der Waals surface area contributed by atoms with Gasteiger partial charge in [-0.25, -0.2) is 4.98 Å². The van der Waals surface area contributed by atoms with E-state index in [-0.39, 0.29) is 18.9 Å². The molecule has 25 heavy (non-hydrogen) atoms. The third-order valence-corrected chi connectivity index (χ3v) is 4.34. The van der Waals surface area contributed by atoms with Gasteiger partial charge in [-0.1, -0.05) is 35.9 Å². The van der Waals surface area contributed by atoms with Gasteiger partial charge >= 0.3 is 0 Å².